The number of nitrogens with one attached hydrogen (secondary N) is 1. The van der Waals surface area contributed by atoms with Gasteiger partial charge in [0.05, 0.1) is 30.8 Å². The van der Waals surface area contributed by atoms with Gasteiger partial charge in [0.25, 0.3) is 5.91 Å². The van der Waals surface area contributed by atoms with Crippen LogP contribution in [0.1, 0.15) is 15.9 Å². The van der Waals surface area contributed by atoms with Crippen LogP contribution in [0.4, 0.5) is 5.69 Å². The zero-order chi connectivity index (χ0) is 20.3. The zero-order valence-corrected chi connectivity index (χ0v) is 17.1. The van der Waals surface area contributed by atoms with Crippen LogP contribution in [-0.2, 0) is 14.8 Å². The van der Waals surface area contributed by atoms with Crippen molar-refractivity contribution in [3.63, 3.8) is 0 Å². The van der Waals surface area contributed by atoms with Gasteiger partial charge in [0.1, 0.15) is 5.75 Å². The van der Waals surface area contributed by atoms with Gasteiger partial charge in [-0.2, -0.15) is 4.31 Å². The third-order valence-corrected chi connectivity index (χ3v) is 6.60. The number of benzene rings is 2. The van der Waals surface area contributed by atoms with E-state index in [4.69, 9.17) is 21.1 Å². The second-order valence-corrected chi connectivity index (χ2v) is 8.67. The molecule has 2 aromatic rings. The number of sulfonamides is 1. The smallest absolute Gasteiger partial charge is 0.259 e. The largest absolute Gasteiger partial charge is 0.496 e. The van der Waals surface area contributed by atoms with Gasteiger partial charge in [-0.25, -0.2) is 8.42 Å². The van der Waals surface area contributed by atoms with Gasteiger partial charge in [0.15, 0.2) is 0 Å². The Balaban J connectivity index is 1.94. The van der Waals surface area contributed by atoms with Crippen LogP contribution in [0.15, 0.2) is 41.3 Å². The molecular weight excluding hydrogens is 404 g/mol. The summed E-state index contributed by atoms with van der Waals surface area (Å²) in [6, 6.07) is 9.39. The predicted molar refractivity (Wildman–Crippen MR) is 107 cm³/mol. The molecule has 0 bridgehead atoms. The van der Waals surface area contributed by atoms with Crippen molar-refractivity contribution in [3.05, 3.63) is 52.5 Å². The Labute approximate surface area is 169 Å². The summed E-state index contributed by atoms with van der Waals surface area (Å²) < 4.78 is 37.6. The molecule has 28 heavy (non-hydrogen) atoms. The summed E-state index contributed by atoms with van der Waals surface area (Å²) in [5, 5.41) is 3.25. The number of nitrogens with zero attached hydrogens (tertiary/aromatic N) is 1. The Bertz CT molecular complexity index is 988. The lowest BCUT2D eigenvalue weighted by Crippen LogP contribution is -2.40. The van der Waals surface area contributed by atoms with E-state index in [1.54, 1.807) is 18.2 Å². The van der Waals surface area contributed by atoms with E-state index in [0.29, 0.717) is 23.9 Å². The number of carbonyl (C=O) groups is 1. The van der Waals surface area contributed by atoms with Crippen LogP contribution in [0, 0.1) is 6.92 Å². The summed E-state index contributed by atoms with van der Waals surface area (Å²) >= 11 is 6.00. The van der Waals surface area contributed by atoms with E-state index in [0.717, 1.165) is 5.56 Å². The summed E-state index contributed by atoms with van der Waals surface area (Å²) in [5.41, 5.74) is 1.49. The predicted octanol–water partition coefficient (Wildman–Crippen LogP) is 2.93. The van der Waals surface area contributed by atoms with E-state index in [9.17, 15) is 13.2 Å². The van der Waals surface area contributed by atoms with Crippen LogP contribution in [0.3, 0.4) is 0 Å². The minimum Gasteiger partial charge on any atom is -0.496 e. The summed E-state index contributed by atoms with van der Waals surface area (Å²) in [4.78, 5) is 12.9. The minimum absolute atomic E-state index is 0.0307. The Kier molecular flexibility index (Phi) is 6.24. The lowest BCUT2D eigenvalue weighted by atomic mass is 10.1. The molecule has 1 fully saturated rings. The molecular formula is C19H21ClN2O5S. The van der Waals surface area contributed by atoms with Crippen LogP contribution in [0.5, 0.6) is 5.75 Å². The van der Waals surface area contributed by atoms with E-state index in [1.807, 2.05) is 6.92 Å². The fourth-order valence-electron chi connectivity index (χ4n) is 2.88. The van der Waals surface area contributed by atoms with Crippen LogP contribution < -0.4 is 10.1 Å². The number of hydrogen-bond donors (Lipinski definition) is 1. The quantitative estimate of drug-likeness (QED) is 0.797. The SMILES string of the molecule is COc1ccc(S(=O)(=O)N2CCOCC2)cc1C(=O)Nc1cc(Cl)ccc1C. The molecule has 1 saturated heterocycles. The van der Waals surface area contributed by atoms with Gasteiger partial charge in [-0.05, 0) is 42.8 Å². The normalized spacial score (nSPS) is 15.2. The highest BCUT2D eigenvalue weighted by Gasteiger charge is 2.28. The Morgan fingerprint density at radius 1 is 1.18 bits per heavy atom. The van der Waals surface area contributed by atoms with E-state index in [1.165, 1.54) is 29.6 Å². The molecule has 0 aliphatic carbocycles. The molecule has 0 aromatic heterocycles. The van der Waals surface area contributed by atoms with Crippen molar-refractivity contribution >= 4 is 33.2 Å². The van der Waals surface area contributed by atoms with Crippen molar-refractivity contribution in [1.29, 1.82) is 0 Å². The monoisotopic (exact) mass is 424 g/mol. The molecule has 1 aliphatic heterocycles. The number of ether oxygens (including phenoxy) is 2. The average molecular weight is 425 g/mol. The minimum atomic E-state index is -3.73. The third kappa shape index (κ3) is 4.30. The van der Waals surface area contributed by atoms with Crippen molar-refractivity contribution in [1.82, 2.24) is 4.31 Å². The molecule has 1 amide bonds. The molecule has 0 unspecified atom stereocenters. The van der Waals surface area contributed by atoms with Crippen molar-refractivity contribution in [2.45, 2.75) is 11.8 Å². The number of rotatable bonds is 5. The highest BCUT2D eigenvalue weighted by atomic mass is 35.5. The molecule has 1 N–H and O–H groups in total. The van der Waals surface area contributed by atoms with Gasteiger partial charge >= 0.3 is 0 Å². The van der Waals surface area contributed by atoms with E-state index >= 15 is 0 Å². The standard InChI is InChI=1S/C19H21ClN2O5S/c1-13-3-4-14(20)11-17(13)21-19(23)16-12-15(5-6-18(16)26-2)28(24,25)22-7-9-27-10-8-22/h3-6,11-12H,7-10H2,1-2H3,(H,21,23). The maximum atomic E-state index is 12.9. The zero-order valence-electron chi connectivity index (χ0n) is 15.6. The maximum absolute atomic E-state index is 12.9. The molecule has 1 heterocycles. The molecule has 3 rings (SSSR count). The van der Waals surface area contributed by atoms with Gasteiger partial charge in [0.2, 0.25) is 10.0 Å². The molecule has 0 saturated carbocycles. The molecule has 150 valence electrons. The fourth-order valence-corrected chi connectivity index (χ4v) is 4.49. The first-order valence-corrected chi connectivity index (χ1v) is 10.5. The first-order chi connectivity index (χ1) is 13.3. The number of anilines is 1. The van der Waals surface area contributed by atoms with E-state index in [-0.39, 0.29) is 29.3 Å². The molecule has 0 radical (unpaired) electrons. The number of hydrogen-bond acceptors (Lipinski definition) is 5. The highest BCUT2D eigenvalue weighted by Crippen LogP contribution is 2.27. The van der Waals surface area contributed by atoms with Gasteiger partial charge in [0, 0.05) is 23.8 Å². The topological polar surface area (TPSA) is 84.9 Å². The van der Waals surface area contributed by atoms with Crippen LogP contribution in [0.2, 0.25) is 5.02 Å². The number of aryl methyl sites for hydroxylation is 1. The van der Waals surface area contributed by atoms with E-state index in [2.05, 4.69) is 5.32 Å². The maximum Gasteiger partial charge on any atom is 0.259 e. The second kappa shape index (κ2) is 8.48. The Hall–Kier alpha value is -2.13. The van der Waals surface area contributed by atoms with Gasteiger partial charge in [-0.15, -0.1) is 0 Å². The second-order valence-electron chi connectivity index (χ2n) is 6.29. The molecule has 2 aromatic carbocycles. The van der Waals surface area contributed by atoms with Crippen LogP contribution in [-0.4, -0.2) is 52.0 Å². The van der Waals surface area contributed by atoms with Crippen molar-refractivity contribution < 1.29 is 22.7 Å². The fraction of sp³-hybridized carbons (Fsp3) is 0.316. The van der Waals surface area contributed by atoms with Gasteiger partial charge in [-0.3, -0.25) is 4.79 Å². The first-order valence-electron chi connectivity index (χ1n) is 8.66. The number of methoxy groups -OCH3 is 1. The van der Waals surface area contributed by atoms with Crippen molar-refractivity contribution in [2.24, 2.45) is 0 Å². The summed E-state index contributed by atoms with van der Waals surface area (Å²) in [6.45, 7) is 3.07. The Morgan fingerprint density at radius 2 is 1.89 bits per heavy atom. The molecule has 1 aliphatic rings. The molecule has 0 spiro atoms. The molecule has 0 atom stereocenters. The lowest BCUT2D eigenvalue weighted by Gasteiger charge is -2.26. The van der Waals surface area contributed by atoms with Crippen molar-refractivity contribution in [2.75, 3.05) is 38.7 Å². The number of morpholine rings is 1. The van der Waals surface area contributed by atoms with Gasteiger partial charge in [-0.1, -0.05) is 17.7 Å². The summed E-state index contributed by atoms with van der Waals surface area (Å²) in [6.07, 6.45) is 0. The molecule has 7 nitrogen and oxygen atoms in total. The summed E-state index contributed by atoms with van der Waals surface area (Å²) in [5.74, 6) is -0.209. The van der Waals surface area contributed by atoms with Crippen molar-refractivity contribution in [3.8, 4) is 5.75 Å². The van der Waals surface area contributed by atoms with Crippen LogP contribution in [0.25, 0.3) is 0 Å². The molecule has 9 heteroatoms. The van der Waals surface area contributed by atoms with Crippen LogP contribution >= 0.6 is 11.6 Å². The third-order valence-electron chi connectivity index (χ3n) is 4.47. The number of amides is 1. The van der Waals surface area contributed by atoms with Gasteiger partial charge < -0.3 is 14.8 Å². The van der Waals surface area contributed by atoms with E-state index < -0.39 is 15.9 Å². The Morgan fingerprint density at radius 3 is 2.57 bits per heavy atom. The number of halogens is 1. The average Bonchev–Trinajstić information content (AvgIpc) is 2.70. The summed E-state index contributed by atoms with van der Waals surface area (Å²) in [7, 11) is -2.31. The number of carbonyl (C=O) groups excluding carboxylic acids is 1. The highest BCUT2D eigenvalue weighted by molar-refractivity contribution is 7.89. The first kappa shape index (κ1) is 20.6. The lowest BCUT2D eigenvalue weighted by molar-refractivity contribution is 0.0730.